The zero-order chi connectivity index (χ0) is 20.8. The number of amides is 2. The van der Waals surface area contributed by atoms with Gasteiger partial charge >= 0.3 is 5.97 Å². The van der Waals surface area contributed by atoms with Gasteiger partial charge in [-0.3, -0.25) is 14.4 Å². The molecule has 2 amide bonds. The molecule has 150 valence electrons. The molecule has 0 aliphatic carbocycles. The standard InChI is InChI=1S/C20H19N3O4S2/c1-3-27-19(26)12-23-16-8-6-14(21-13(2)24)11-17(16)29-20(23)22-18(25)9-7-15-5-4-10-28-15/h4-11H,3,12H2,1-2H3,(H,21,24)/b9-7+,22-20?. The molecule has 2 heterocycles. The van der Waals surface area contributed by atoms with Crippen LogP contribution in [0.1, 0.15) is 18.7 Å². The highest BCUT2D eigenvalue weighted by Crippen LogP contribution is 2.22. The Kier molecular flexibility index (Phi) is 6.73. The largest absolute Gasteiger partial charge is 0.465 e. The lowest BCUT2D eigenvalue weighted by Gasteiger charge is -2.06. The van der Waals surface area contributed by atoms with E-state index < -0.39 is 11.9 Å². The fourth-order valence-corrected chi connectivity index (χ4v) is 4.29. The molecule has 1 aromatic carbocycles. The first-order chi connectivity index (χ1) is 14.0. The summed E-state index contributed by atoms with van der Waals surface area (Å²) >= 11 is 2.78. The number of ether oxygens (including phenoxy) is 1. The highest BCUT2D eigenvalue weighted by molar-refractivity contribution is 7.16. The van der Waals surface area contributed by atoms with Crippen LogP contribution < -0.4 is 10.1 Å². The van der Waals surface area contributed by atoms with E-state index in [1.165, 1.54) is 35.7 Å². The van der Waals surface area contributed by atoms with Crippen molar-refractivity contribution in [3.63, 3.8) is 0 Å². The number of hydrogen-bond donors (Lipinski definition) is 1. The number of thiophene rings is 1. The number of thiazole rings is 1. The molecule has 0 saturated heterocycles. The van der Waals surface area contributed by atoms with E-state index in [0.717, 1.165) is 15.1 Å². The summed E-state index contributed by atoms with van der Waals surface area (Å²) in [6.45, 7) is 3.37. The molecule has 0 radical (unpaired) electrons. The number of aromatic nitrogens is 1. The van der Waals surface area contributed by atoms with Gasteiger partial charge in [-0.1, -0.05) is 17.4 Å². The van der Waals surface area contributed by atoms with Gasteiger partial charge in [-0.2, -0.15) is 4.99 Å². The van der Waals surface area contributed by atoms with E-state index in [2.05, 4.69) is 10.3 Å². The quantitative estimate of drug-likeness (QED) is 0.480. The van der Waals surface area contributed by atoms with E-state index in [-0.39, 0.29) is 19.1 Å². The zero-order valence-electron chi connectivity index (χ0n) is 15.9. The number of esters is 1. The van der Waals surface area contributed by atoms with Crippen LogP contribution in [0.2, 0.25) is 0 Å². The molecule has 7 nitrogen and oxygen atoms in total. The van der Waals surface area contributed by atoms with Gasteiger partial charge in [-0.15, -0.1) is 11.3 Å². The Labute approximate surface area is 175 Å². The zero-order valence-corrected chi connectivity index (χ0v) is 17.5. The molecule has 1 N–H and O–H groups in total. The third-order valence-electron chi connectivity index (χ3n) is 3.73. The topological polar surface area (TPSA) is 89.8 Å². The van der Waals surface area contributed by atoms with Crippen molar-refractivity contribution < 1.29 is 19.1 Å². The number of hydrogen-bond acceptors (Lipinski definition) is 6. The molecule has 0 saturated carbocycles. The molecule has 0 aliphatic heterocycles. The number of fused-ring (bicyclic) bond motifs is 1. The number of rotatable bonds is 6. The molecule has 3 rings (SSSR count). The first-order valence-electron chi connectivity index (χ1n) is 8.83. The van der Waals surface area contributed by atoms with Crippen LogP contribution in [0.4, 0.5) is 5.69 Å². The maximum atomic E-state index is 12.3. The summed E-state index contributed by atoms with van der Waals surface area (Å²) in [5.74, 6) is -1.02. The van der Waals surface area contributed by atoms with Crippen molar-refractivity contribution in [3.8, 4) is 0 Å². The fourth-order valence-electron chi connectivity index (χ4n) is 2.60. The third kappa shape index (κ3) is 5.49. The maximum absolute atomic E-state index is 12.3. The van der Waals surface area contributed by atoms with Gasteiger partial charge in [0.2, 0.25) is 5.91 Å². The van der Waals surface area contributed by atoms with Gasteiger partial charge in [-0.25, -0.2) is 0 Å². The average molecular weight is 430 g/mol. The monoisotopic (exact) mass is 429 g/mol. The van der Waals surface area contributed by atoms with Crippen molar-refractivity contribution in [2.75, 3.05) is 11.9 Å². The molecular formula is C20H19N3O4S2. The van der Waals surface area contributed by atoms with Crippen LogP contribution in [0, 0.1) is 0 Å². The predicted molar refractivity (Wildman–Crippen MR) is 115 cm³/mol. The van der Waals surface area contributed by atoms with Crippen molar-refractivity contribution in [2.45, 2.75) is 20.4 Å². The number of benzene rings is 1. The normalized spacial score (nSPS) is 11.9. The van der Waals surface area contributed by atoms with Gasteiger partial charge in [0.1, 0.15) is 6.54 Å². The van der Waals surface area contributed by atoms with Crippen LogP contribution in [-0.2, 0) is 25.7 Å². The predicted octanol–water partition coefficient (Wildman–Crippen LogP) is 3.43. The summed E-state index contributed by atoms with van der Waals surface area (Å²) in [5.41, 5.74) is 1.36. The Morgan fingerprint density at radius 3 is 2.79 bits per heavy atom. The minimum absolute atomic E-state index is 0.0614. The minimum Gasteiger partial charge on any atom is -0.465 e. The highest BCUT2D eigenvalue weighted by Gasteiger charge is 2.12. The van der Waals surface area contributed by atoms with Gasteiger partial charge < -0.3 is 14.6 Å². The van der Waals surface area contributed by atoms with Crippen LogP contribution in [-0.4, -0.2) is 29.0 Å². The smallest absolute Gasteiger partial charge is 0.326 e. The summed E-state index contributed by atoms with van der Waals surface area (Å²) in [6, 6.07) is 9.10. The van der Waals surface area contributed by atoms with Crippen LogP contribution in [0.15, 0.2) is 46.8 Å². The number of anilines is 1. The van der Waals surface area contributed by atoms with E-state index in [0.29, 0.717) is 10.5 Å². The van der Waals surface area contributed by atoms with Crippen molar-refractivity contribution in [1.29, 1.82) is 0 Å². The van der Waals surface area contributed by atoms with E-state index >= 15 is 0 Å². The Morgan fingerprint density at radius 2 is 2.10 bits per heavy atom. The number of nitrogens with one attached hydrogen (secondary N) is 1. The second kappa shape index (κ2) is 9.44. The molecule has 0 aliphatic rings. The summed E-state index contributed by atoms with van der Waals surface area (Å²) in [5, 5.41) is 4.65. The summed E-state index contributed by atoms with van der Waals surface area (Å²) in [7, 11) is 0. The summed E-state index contributed by atoms with van der Waals surface area (Å²) < 4.78 is 7.48. The van der Waals surface area contributed by atoms with Gasteiger partial charge in [0.15, 0.2) is 4.80 Å². The lowest BCUT2D eigenvalue weighted by Crippen LogP contribution is -2.22. The first kappa shape index (κ1) is 20.7. The first-order valence-corrected chi connectivity index (χ1v) is 10.5. The fraction of sp³-hybridized carbons (Fsp3) is 0.200. The SMILES string of the molecule is CCOC(=O)Cn1c(=NC(=O)/C=C/c2cccs2)sc2cc(NC(C)=O)ccc21. The second-order valence-corrected chi connectivity index (χ2v) is 7.93. The van der Waals surface area contributed by atoms with Gasteiger partial charge in [0.25, 0.3) is 5.91 Å². The van der Waals surface area contributed by atoms with Gasteiger partial charge in [0, 0.05) is 23.6 Å². The molecule has 0 atom stereocenters. The van der Waals surface area contributed by atoms with Crippen LogP contribution >= 0.6 is 22.7 Å². The number of carbonyl (C=O) groups is 3. The maximum Gasteiger partial charge on any atom is 0.326 e. The molecule has 0 fully saturated rings. The Bertz CT molecular complexity index is 1140. The summed E-state index contributed by atoms with van der Waals surface area (Å²) in [4.78, 5) is 41.2. The molecule has 0 spiro atoms. The molecular weight excluding hydrogens is 410 g/mol. The Morgan fingerprint density at radius 1 is 1.28 bits per heavy atom. The van der Waals surface area contributed by atoms with E-state index in [1.807, 2.05) is 17.5 Å². The van der Waals surface area contributed by atoms with Gasteiger partial charge in [-0.05, 0) is 42.6 Å². The van der Waals surface area contributed by atoms with Crippen LogP contribution in [0.3, 0.4) is 0 Å². The van der Waals surface area contributed by atoms with Gasteiger partial charge in [0.05, 0.1) is 16.8 Å². The summed E-state index contributed by atoms with van der Waals surface area (Å²) in [6.07, 6.45) is 3.10. The highest BCUT2D eigenvalue weighted by atomic mass is 32.1. The average Bonchev–Trinajstić information content (AvgIpc) is 3.28. The van der Waals surface area contributed by atoms with Crippen LogP contribution in [0.25, 0.3) is 16.3 Å². The lowest BCUT2D eigenvalue weighted by molar-refractivity contribution is -0.143. The Hall–Kier alpha value is -3.04. The van der Waals surface area contributed by atoms with E-state index in [9.17, 15) is 14.4 Å². The Balaban J connectivity index is 2.01. The molecule has 3 aromatic rings. The van der Waals surface area contributed by atoms with Crippen molar-refractivity contribution in [2.24, 2.45) is 4.99 Å². The van der Waals surface area contributed by atoms with Crippen molar-refractivity contribution in [1.82, 2.24) is 4.57 Å². The van der Waals surface area contributed by atoms with E-state index in [4.69, 9.17) is 4.74 Å². The molecule has 29 heavy (non-hydrogen) atoms. The molecule has 0 bridgehead atoms. The number of carbonyl (C=O) groups excluding carboxylic acids is 3. The third-order valence-corrected chi connectivity index (χ3v) is 5.61. The van der Waals surface area contributed by atoms with Crippen LogP contribution in [0.5, 0.6) is 0 Å². The molecule has 2 aromatic heterocycles. The molecule has 0 unspecified atom stereocenters. The van der Waals surface area contributed by atoms with E-state index in [1.54, 1.807) is 35.8 Å². The second-order valence-electron chi connectivity index (χ2n) is 5.94. The van der Waals surface area contributed by atoms with Crippen molar-refractivity contribution >= 4 is 62.4 Å². The minimum atomic E-state index is -0.426. The lowest BCUT2D eigenvalue weighted by atomic mass is 10.3. The van der Waals surface area contributed by atoms with Crippen molar-refractivity contribution in [3.05, 3.63) is 51.5 Å². The number of nitrogens with zero attached hydrogens (tertiary/aromatic N) is 2. The molecule has 9 heteroatoms.